The van der Waals surface area contributed by atoms with Gasteiger partial charge in [0.15, 0.2) is 0 Å². The maximum Gasteiger partial charge on any atom is 0.251 e. The van der Waals surface area contributed by atoms with Gasteiger partial charge in [0.25, 0.3) is 5.91 Å². The van der Waals surface area contributed by atoms with E-state index in [2.05, 4.69) is 4.90 Å². The molecule has 24 heavy (non-hydrogen) atoms. The largest absolute Gasteiger partial charge is 0.396 e. The number of ether oxygens (including phenoxy) is 2. The standard InChI is InChI=1S/C18H32N2O4/c21-11-7-15-4-2-1-3-8-20(15)18(22)17-6-5-16(24-17)14-19-9-12-23-13-10-19/h15-17,21H,1-14H2/t15?,16-,17+/m1/s1. The van der Waals surface area contributed by atoms with Gasteiger partial charge in [-0.3, -0.25) is 9.69 Å². The molecule has 3 saturated heterocycles. The van der Waals surface area contributed by atoms with Gasteiger partial charge in [0, 0.05) is 38.8 Å². The van der Waals surface area contributed by atoms with E-state index in [1.54, 1.807) is 0 Å². The number of hydrogen-bond acceptors (Lipinski definition) is 5. The number of amides is 1. The number of morpholine rings is 1. The molecule has 3 fully saturated rings. The third-order valence-electron chi connectivity index (χ3n) is 5.57. The highest BCUT2D eigenvalue weighted by atomic mass is 16.5. The molecule has 1 unspecified atom stereocenters. The first-order valence-corrected chi connectivity index (χ1v) is 9.65. The van der Waals surface area contributed by atoms with Gasteiger partial charge in [-0.2, -0.15) is 0 Å². The third-order valence-corrected chi connectivity index (χ3v) is 5.57. The van der Waals surface area contributed by atoms with E-state index < -0.39 is 0 Å². The van der Waals surface area contributed by atoms with Crippen LogP contribution in [0.3, 0.4) is 0 Å². The van der Waals surface area contributed by atoms with Gasteiger partial charge in [0.05, 0.1) is 19.3 Å². The van der Waals surface area contributed by atoms with Gasteiger partial charge in [-0.05, 0) is 32.1 Å². The number of aliphatic hydroxyl groups is 1. The van der Waals surface area contributed by atoms with Crippen molar-refractivity contribution in [3.8, 4) is 0 Å². The number of likely N-dealkylation sites (tertiary alicyclic amines) is 1. The first-order chi connectivity index (χ1) is 11.8. The molecule has 0 spiro atoms. The molecule has 3 aliphatic heterocycles. The molecule has 0 radical (unpaired) electrons. The molecule has 0 aromatic heterocycles. The quantitative estimate of drug-likeness (QED) is 0.810. The van der Waals surface area contributed by atoms with Crippen molar-refractivity contribution < 1.29 is 19.4 Å². The highest BCUT2D eigenvalue weighted by Gasteiger charge is 2.36. The molecule has 0 aliphatic carbocycles. The van der Waals surface area contributed by atoms with Crippen LogP contribution in [0.25, 0.3) is 0 Å². The minimum Gasteiger partial charge on any atom is -0.396 e. The fraction of sp³-hybridized carbons (Fsp3) is 0.944. The SMILES string of the molecule is O=C([C@@H]1CC[C@H](CN2CCOCC2)O1)N1CCCCCC1CCO. The first kappa shape index (κ1) is 18.1. The van der Waals surface area contributed by atoms with Crippen molar-refractivity contribution in [1.29, 1.82) is 0 Å². The molecule has 3 atom stereocenters. The zero-order valence-corrected chi connectivity index (χ0v) is 14.7. The molecule has 3 aliphatic rings. The van der Waals surface area contributed by atoms with Crippen LogP contribution in [0.5, 0.6) is 0 Å². The predicted octanol–water partition coefficient (Wildman–Crippen LogP) is 1.02. The minimum atomic E-state index is -0.282. The Balaban J connectivity index is 1.52. The van der Waals surface area contributed by atoms with E-state index in [-0.39, 0.29) is 30.8 Å². The Hall–Kier alpha value is -0.690. The summed E-state index contributed by atoms with van der Waals surface area (Å²) < 4.78 is 11.5. The Morgan fingerprint density at radius 3 is 2.67 bits per heavy atom. The summed E-state index contributed by atoms with van der Waals surface area (Å²) in [5.74, 6) is 0.153. The van der Waals surface area contributed by atoms with Crippen LogP contribution in [0.1, 0.15) is 44.9 Å². The molecule has 0 bridgehead atoms. The molecule has 0 aromatic rings. The lowest BCUT2D eigenvalue weighted by atomic mass is 10.1. The van der Waals surface area contributed by atoms with Gasteiger partial charge in [-0.25, -0.2) is 0 Å². The van der Waals surface area contributed by atoms with Crippen molar-refractivity contribution in [2.45, 2.75) is 63.2 Å². The van der Waals surface area contributed by atoms with Crippen LogP contribution in [0.2, 0.25) is 0 Å². The Morgan fingerprint density at radius 2 is 1.88 bits per heavy atom. The second-order valence-electron chi connectivity index (χ2n) is 7.28. The predicted molar refractivity (Wildman–Crippen MR) is 90.8 cm³/mol. The summed E-state index contributed by atoms with van der Waals surface area (Å²) in [6.07, 6.45) is 6.78. The summed E-state index contributed by atoms with van der Waals surface area (Å²) in [7, 11) is 0. The highest BCUT2D eigenvalue weighted by Crippen LogP contribution is 2.26. The number of rotatable bonds is 5. The van der Waals surface area contributed by atoms with Gasteiger partial charge in [-0.1, -0.05) is 12.8 Å². The van der Waals surface area contributed by atoms with Crippen LogP contribution in [0.4, 0.5) is 0 Å². The molecule has 6 heteroatoms. The smallest absolute Gasteiger partial charge is 0.251 e. The molecule has 3 rings (SSSR count). The summed E-state index contributed by atoms with van der Waals surface area (Å²) in [6.45, 7) is 5.40. The minimum absolute atomic E-state index is 0.152. The van der Waals surface area contributed by atoms with E-state index in [9.17, 15) is 9.90 Å². The molecular weight excluding hydrogens is 308 g/mol. The average molecular weight is 340 g/mol. The van der Waals surface area contributed by atoms with Gasteiger partial charge in [0.1, 0.15) is 6.10 Å². The van der Waals surface area contributed by atoms with E-state index in [1.807, 2.05) is 4.90 Å². The Bertz CT molecular complexity index is 400. The highest BCUT2D eigenvalue weighted by molar-refractivity contribution is 5.81. The van der Waals surface area contributed by atoms with Crippen molar-refractivity contribution in [3.63, 3.8) is 0 Å². The van der Waals surface area contributed by atoms with Crippen molar-refractivity contribution >= 4 is 5.91 Å². The first-order valence-electron chi connectivity index (χ1n) is 9.65. The number of nitrogens with zero attached hydrogens (tertiary/aromatic N) is 2. The Morgan fingerprint density at radius 1 is 1.04 bits per heavy atom. The van der Waals surface area contributed by atoms with Crippen molar-refractivity contribution in [3.05, 3.63) is 0 Å². The summed E-state index contributed by atoms with van der Waals surface area (Å²) in [5.41, 5.74) is 0. The van der Waals surface area contributed by atoms with E-state index in [0.29, 0.717) is 6.42 Å². The van der Waals surface area contributed by atoms with Crippen molar-refractivity contribution in [1.82, 2.24) is 9.80 Å². The van der Waals surface area contributed by atoms with E-state index in [1.165, 1.54) is 6.42 Å². The van der Waals surface area contributed by atoms with Crippen molar-refractivity contribution in [2.24, 2.45) is 0 Å². The zero-order valence-electron chi connectivity index (χ0n) is 14.7. The van der Waals surface area contributed by atoms with E-state index >= 15 is 0 Å². The molecule has 0 aromatic carbocycles. The molecular formula is C18H32N2O4. The fourth-order valence-corrected chi connectivity index (χ4v) is 4.19. The maximum atomic E-state index is 13.0. The van der Waals surface area contributed by atoms with Crippen LogP contribution in [0, 0.1) is 0 Å². The molecule has 3 heterocycles. The lowest BCUT2D eigenvalue weighted by Crippen LogP contribution is -2.46. The number of hydrogen-bond donors (Lipinski definition) is 1. The Labute approximate surface area is 145 Å². The van der Waals surface area contributed by atoms with Crippen LogP contribution >= 0.6 is 0 Å². The number of aliphatic hydroxyl groups excluding tert-OH is 1. The normalized spacial score (nSPS) is 32.7. The van der Waals surface area contributed by atoms with E-state index in [4.69, 9.17) is 9.47 Å². The molecule has 0 saturated carbocycles. The van der Waals surface area contributed by atoms with Crippen LogP contribution in [-0.2, 0) is 14.3 Å². The second-order valence-corrected chi connectivity index (χ2v) is 7.28. The third kappa shape index (κ3) is 4.69. The van der Waals surface area contributed by atoms with Crippen molar-refractivity contribution in [2.75, 3.05) is 46.0 Å². The van der Waals surface area contributed by atoms with Gasteiger partial charge in [-0.15, -0.1) is 0 Å². The molecule has 138 valence electrons. The summed E-state index contributed by atoms with van der Waals surface area (Å²) >= 11 is 0. The van der Waals surface area contributed by atoms with Gasteiger partial charge < -0.3 is 19.5 Å². The van der Waals surface area contributed by atoms with Gasteiger partial charge >= 0.3 is 0 Å². The molecule has 6 nitrogen and oxygen atoms in total. The second kappa shape index (κ2) is 9.13. The lowest BCUT2D eigenvalue weighted by molar-refractivity contribution is -0.146. The van der Waals surface area contributed by atoms with Gasteiger partial charge in [0.2, 0.25) is 0 Å². The summed E-state index contributed by atoms with van der Waals surface area (Å²) in [4.78, 5) is 17.3. The fourth-order valence-electron chi connectivity index (χ4n) is 4.19. The summed E-state index contributed by atoms with van der Waals surface area (Å²) in [5, 5.41) is 9.31. The molecule has 1 amide bonds. The lowest BCUT2D eigenvalue weighted by Gasteiger charge is -2.32. The van der Waals surface area contributed by atoms with Crippen LogP contribution in [-0.4, -0.2) is 85.1 Å². The maximum absolute atomic E-state index is 13.0. The van der Waals surface area contributed by atoms with E-state index in [0.717, 1.165) is 71.5 Å². The van der Waals surface area contributed by atoms with Crippen LogP contribution in [0.15, 0.2) is 0 Å². The topological polar surface area (TPSA) is 62.2 Å². The Kier molecular flexibility index (Phi) is 6.89. The average Bonchev–Trinajstić information content (AvgIpc) is 2.94. The zero-order chi connectivity index (χ0) is 16.8. The number of carbonyl (C=O) groups excluding carboxylic acids is 1. The monoisotopic (exact) mass is 340 g/mol. The molecule has 1 N–H and O–H groups in total. The summed E-state index contributed by atoms with van der Waals surface area (Å²) in [6, 6.07) is 0.187. The van der Waals surface area contributed by atoms with Crippen LogP contribution < -0.4 is 0 Å². The number of carbonyl (C=O) groups is 1.